The first-order valence-corrected chi connectivity index (χ1v) is 10.5. The number of hydrogen-bond acceptors (Lipinski definition) is 4. The third kappa shape index (κ3) is 3.89. The molecule has 0 aromatic heterocycles. The highest BCUT2D eigenvalue weighted by Crippen LogP contribution is 2.36. The summed E-state index contributed by atoms with van der Waals surface area (Å²) in [6, 6.07) is 18.8. The summed E-state index contributed by atoms with van der Waals surface area (Å²) in [6.45, 7) is 7.97. The van der Waals surface area contributed by atoms with Gasteiger partial charge in [-0.15, -0.1) is 0 Å². The van der Waals surface area contributed by atoms with E-state index >= 15 is 0 Å². The van der Waals surface area contributed by atoms with Crippen molar-refractivity contribution in [2.45, 2.75) is 27.7 Å². The van der Waals surface area contributed by atoms with E-state index in [1.54, 1.807) is 31.4 Å². The Hall–Kier alpha value is -3.86. The number of aryl methyl sites for hydroxylation is 4. The van der Waals surface area contributed by atoms with Crippen molar-refractivity contribution in [3.8, 4) is 5.75 Å². The number of ether oxygens (including phenoxy) is 1. The Balaban J connectivity index is 1.85. The lowest BCUT2D eigenvalue weighted by Gasteiger charge is -2.16. The minimum absolute atomic E-state index is 0.280. The number of anilines is 2. The normalized spacial score (nSPS) is 13.7. The number of nitrogens with zero attached hydrogens (tertiary/aromatic N) is 1. The van der Waals surface area contributed by atoms with E-state index in [-0.39, 0.29) is 17.5 Å². The van der Waals surface area contributed by atoms with E-state index in [1.165, 1.54) is 4.90 Å². The fraction of sp³-hybridized carbons (Fsp3) is 0.185. The first-order chi connectivity index (χ1) is 15.3. The van der Waals surface area contributed by atoms with Gasteiger partial charge in [0.1, 0.15) is 11.4 Å². The third-order valence-electron chi connectivity index (χ3n) is 5.56. The van der Waals surface area contributed by atoms with Crippen molar-refractivity contribution >= 4 is 28.8 Å². The topological polar surface area (TPSA) is 58.6 Å². The smallest absolute Gasteiger partial charge is 0.282 e. The highest BCUT2D eigenvalue weighted by molar-refractivity contribution is 6.46. The molecule has 3 aromatic carbocycles. The van der Waals surface area contributed by atoms with Crippen LogP contribution in [0.1, 0.15) is 27.8 Å². The zero-order valence-corrected chi connectivity index (χ0v) is 18.9. The maximum absolute atomic E-state index is 13.6. The fourth-order valence-corrected chi connectivity index (χ4v) is 4.15. The molecule has 0 fully saturated rings. The van der Waals surface area contributed by atoms with Crippen molar-refractivity contribution in [3.05, 3.63) is 94.2 Å². The van der Waals surface area contributed by atoms with Gasteiger partial charge in [-0.25, -0.2) is 4.90 Å². The van der Waals surface area contributed by atoms with Gasteiger partial charge in [0.05, 0.1) is 18.4 Å². The Kier molecular flexibility index (Phi) is 5.57. The van der Waals surface area contributed by atoms with Crippen LogP contribution in [0.2, 0.25) is 0 Å². The van der Waals surface area contributed by atoms with Gasteiger partial charge in [0.15, 0.2) is 0 Å². The molecule has 32 heavy (non-hydrogen) atoms. The van der Waals surface area contributed by atoms with Gasteiger partial charge in [0.25, 0.3) is 11.8 Å². The maximum atomic E-state index is 13.6. The van der Waals surface area contributed by atoms with Crippen molar-refractivity contribution in [1.29, 1.82) is 0 Å². The van der Waals surface area contributed by atoms with Crippen molar-refractivity contribution in [3.63, 3.8) is 0 Å². The SMILES string of the molecule is COc1ccc(N2C(=O)C(Nc3cc(C)cc(C)c3)=C(c3ccc(C)cc3C)C2=O)cc1. The van der Waals surface area contributed by atoms with Gasteiger partial charge in [0, 0.05) is 5.69 Å². The number of imide groups is 1. The molecule has 0 atom stereocenters. The van der Waals surface area contributed by atoms with E-state index in [0.717, 1.165) is 33.5 Å². The van der Waals surface area contributed by atoms with Gasteiger partial charge in [-0.05, 0) is 86.3 Å². The molecular formula is C27H26N2O3. The molecular weight excluding hydrogens is 400 g/mol. The second-order valence-corrected chi connectivity index (χ2v) is 8.21. The molecule has 1 heterocycles. The van der Waals surface area contributed by atoms with Crippen LogP contribution in [-0.4, -0.2) is 18.9 Å². The van der Waals surface area contributed by atoms with Crippen molar-refractivity contribution < 1.29 is 14.3 Å². The highest BCUT2D eigenvalue weighted by Gasteiger charge is 2.40. The highest BCUT2D eigenvalue weighted by atomic mass is 16.5. The zero-order chi connectivity index (χ0) is 23.0. The first kappa shape index (κ1) is 21.4. The third-order valence-corrected chi connectivity index (χ3v) is 5.56. The molecule has 0 saturated heterocycles. The predicted octanol–water partition coefficient (Wildman–Crippen LogP) is 5.33. The van der Waals surface area contributed by atoms with Gasteiger partial charge in [0.2, 0.25) is 0 Å². The molecule has 5 heteroatoms. The molecule has 0 unspecified atom stereocenters. The molecule has 3 aromatic rings. The summed E-state index contributed by atoms with van der Waals surface area (Å²) >= 11 is 0. The summed E-state index contributed by atoms with van der Waals surface area (Å²) in [5.41, 5.74) is 6.87. The molecule has 0 bridgehead atoms. The monoisotopic (exact) mass is 426 g/mol. The van der Waals surface area contributed by atoms with Crippen LogP contribution in [0.15, 0.2) is 66.4 Å². The van der Waals surface area contributed by atoms with Gasteiger partial charge in [-0.1, -0.05) is 29.8 Å². The van der Waals surface area contributed by atoms with E-state index in [4.69, 9.17) is 4.74 Å². The number of carbonyl (C=O) groups is 2. The minimum Gasteiger partial charge on any atom is -0.497 e. The van der Waals surface area contributed by atoms with Crippen LogP contribution in [0.3, 0.4) is 0 Å². The summed E-state index contributed by atoms with van der Waals surface area (Å²) in [5.74, 6) is -0.0720. The number of rotatable bonds is 5. The number of nitrogens with one attached hydrogen (secondary N) is 1. The molecule has 0 aliphatic carbocycles. The summed E-state index contributed by atoms with van der Waals surface area (Å²) in [4.78, 5) is 28.4. The van der Waals surface area contributed by atoms with Crippen LogP contribution in [0, 0.1) is 27.7 Å². The van der Waals surface area contributed by atoms with Crippen LogP contribution in [0.5, 0.6) is 5.75 Å². The molecule has 4 rings (SSSR count). The van der Waals surface area contributed by atoms with Gasteiger partial charge in [-0.2, -0.15) is 0 Å². The fourth-order valence-electron chi connectivity index (χ4n) is 4.15. The number of amides is 2. The Bertz CT molecular complexity index is 1240. The second-order valence-electron chi connectivity index (χ2n) is 8.21. The Morgan fingerprint density at radius 3 is 2.00 bits per heavy atom. The molecule has 1 aliphatic heterocycles. The van der Waals surface area contributed by atoms with Crippen molar-refractivity contribution in [1.82, 2.24) is 0 Å². The standard InChI is InChI=1S/C27H26N2O3/c1-16-6-11-23(19(4)13-16)24-25(28-20-14-17(2)12-18(3)15-20)27(31)29(26(24)30)21-7-9-22(32-5)10-8-21/h6-15,28H,1-5H3. The molecule has 2 amide bonds. The lowest BCUT2D eigenvalue weighted by molar-refractivity contribution is -0.120. The Labute approximate surface area is 188 Å². The lowest BCUT2D eigenvalue weighted by Crippen LogP contribution is -2.32. The maximum Gasteiger partial charge on any atom is 0.282 e. The molecule has 1 N–H and O–H groups in total. The molecule has 0 saturated carbocycles. The lowest BCUT2D eigenvalue weighted by atomic mass is 9.97. The number of benzene rings is 3. The average Bonchev–Trinajstić information content (AvgIpc) is 2.97. The molecule has 0 radical (unpaired) electrons. The van der Waals surface area contributed by atoms with Crippen molar-refractivity contribution in [2.75, 3.05) is 17.3 Å². The number of methoxy groups -OCH3 is 1. The molecule has 5 nitrogen and oxygen atoms in total. The van der Waals surface area contributed by atoms with Crippen LogP contribution < -0.4 is 15.0 Å². The molecule has 0 spiro atoms. The number of carbonyl (C=O) groups excluding carboxylic acids is 2. The van der Waals surface area contributed by atoms with E-state index in [1.807, 2.05) is 58.0 Å². The van der Waals surface area contributed by atoms with E-state index < -0.39 is 0 Å². The first-order valence-electron chi connectivity index (χ1n) is 10.5. The van der Waals surface area contributed by atoms with Gasteiger partial charge < -0.3 is 10.1 Å². The largest absolute Gasteiger partial charge is 0.497 e. The van der Waals surface area contributed by atoms with Crippen LogP contribution in [0.4, 0.5) is 11.4 Å². The summed E-state index contributed by atoms with van der Waals surface area (Å²) in [6.07, 6.45) is 0. The summed E-state index contributed by atoms with van der Waals surface area (Å²) in [5, 5.41) is 3.26. The zero-order valence-electron chi connectivity index (χ0n) is 18.9. The summed E-state index contributed by atoms with van der Waals surface area (Å²) < 4.78 is 5.21. The van der Waals surface area contributed by atoms with E-state index in [9.17, 15) is 9.59 Å². The second kappa shape index (κ2) is 8.35. The number of hydrogen-bond donors (Lipinski definition) is 1. The van der Waals surface area contributed by atoms with Gasteiger partial charge >= 0.3 is 0 Å². The summed E-state index contributed by atoms with van der Waals surface area (Å²) in [7, 11) is 1.58. The molecule has 1 aliphatic rings. The molecule has 162 valence electrons. The van der Waals surface area contributed by atoms with Crippen LogP contribution >= 0.6 is 0 Å². The van der Waals surface area contributed by atoms with Crippen LogP contribution in [0.25, 0.3) is 5.57 Å². The van der Waals surface area contributed by atoms with E-state index in [2.05, 4.69) is 11.4 Å². The van der Waals surface area contributed by atoms with Crippen LogP contribution in [-0.2, 0) is 9.59 Å². The van der Waals surface area contributed by atoms with Crippen molar-refractivity contribution in [2.24, 2.45) is 0 Å². The Morgan fingerprint density at radius 1 is 0.750 bits per heavy atom. The Morgan fingerprint density at radius 2 is 1.41 bits per heavy atom. The average molecular weight is 427 g/mol. The van der Waals surface area contributed by atoms with Gasteiger partial charge in [-0.3, -0.25) is 9.59 Å². The predicted molar refractivity (Wildman–Crippen MR) is 128 cm³/mol. The van der Waals surface area contributed by atoms with E-state index in [0.29, 0.717) is 17.0 Å². The minimum atomic E-state index is -0.380. The quantitative estimate of drug-likeness (QED) is 0.561.